The first-order valence-corrected chi connectivity index (χ1v) is 3.80. The summed E-state index contributed by atoms with van der Waals surface area (Å²) in [5.41, 5.74) is 12.3. The van der Waals surface area contributed by atoms with Crippen LogP contribution in [0, 0.1) is 6.92 Å². The number of nitrogen functional groups attached to an aromatic ring is 2. The van der Waals surface area contributed by atoms with Gasteiger partial charge in [0.25, 0.3) is 0 Å². The van der Waals surface area contributed by atoms with E-state index in [2.05, 4.69) is 22.1 Å². The van der Waals surface area contributed by atoms with Gasteiger partial charge in [-0.1, -0.05) is 0 Å². The standard InChI is InChI=1S/C7H9N3O2S/c1-3-5(8)6(9)4(2-10-3)7(11)12-13/h2,13H,8H2,1H3,(H2,9,10). The van der Waals surface area contributed by atoms with Crippen LogP contribution in [0.4, 0.5) is 11.4 Å². The molecule has 0 spiro atoms. The summed E-state index contributed by atoms with van der Waals surface area (Å²) in [5, 5.41) is 0. The Morgan fingerprint density at radius 3 is 2.69 bits per heavy atom. The van der Waals surface area contributed by atoms with E-state index in [0.29, 0.717) is 5.69 Å². The van der Waals surface area contributed by atoms with E-state index in [1.807, 2.05) is 0 Å². The zero-order chi connectivity index (χ0) is 10.0. The average Bonchev–Trinajstić information content (AvgIpc) is 2.13. The number of hydrogen-bond acceptors (Lipinski definition) is 6. The first kappa shape index (κ1) is 9.66. The van der Waals surface area contributed by atoms with E-state index in [9.17, 15) is 4.79 Å². The van der Waals surface area contributed by atoms with Gasteiger partial charge >= 0.3 is 5.97 Å². The van der Waals surface area contributed by atoms with Crippen LogP contribution in [0.3, 0.4) is 0 Å². The molecule has 4 N–H and O–H groups in total. The van der Waals surface area contributed by atoms with Crippen molar-refractivity contribution in [2.75, 3.05) is 11.5 Å². The lowest BCUT2D eigenvalue weighted by molar-refractivity contribution is 0.0773. The average molecular weight is 199 g/mol. The fourth-order valence-electron chi connectivity index (χ4n) is 0.852. The van der Waals surface area contributed by atoms with E-state index in [1.54, 1.807) is 6.92 Å². The lowest BCUT2D eigenvalue weighted by Crippen LogP contribution is -2.08. The third kappa shape index (κ3) is 1.67. The lowest BCUT2D eigenvalue weighted by atomic mass is 10.2. The van der Waals surface area contributed by atoms with Gasteiger partial charge < -0.3 is 15.7 Å². The predicted molar refractivity (Wildman–Crippen MR) is 52.2 cm³/mol. The second-order valence-corrected chi connectivity index (χ2v) is 2.65. The van der Waals surface area contributed by atoms with E-state index >= 15 is 0 Å². The van der Waals surface area contributed by atoms with Crippen LogP contribution in [-0.4, -0.2) is 11.0 Å². The van der Waals surface area contributed by atoms with E-state index in [4.69, 9.17) is 11.5 Å². The molecule has 0 amide bonds. The predicted octanol–water partition coefficient (Wildman–Crippen LogP) is 0.556. The van der Waals surface area contributed by atoms with Gasteiger partial charge in [-0.15, -0.1) is 0 Å². The van der Waals surface area contributed by atoms with Gasteiger partial charge in [-0.05, 0) is 6.92 Å². The Hall–Kier alpha value is -1.43. The van der Waals surface area contributed by atoms with Crippen molar-refractivity contribution >= 4 is 30.3 Å². The molecule has 70 valence electrons. The molecule has 0 atom stereocenters. The van der Waals surface area contributed by atoms with Crippen LogP contribution in [0.2, 0.25) is 0 Å². The Kier molecular flexibility index (Phi) is 2.62. The van der Waals surface area contributed by atoms with Crippen LogP contribution in [-0.2, 0) is 4.18 Å². The summed E-state index contributed by atoms with van der Waals surface area (Å²) in [7, 11) is 0. The minimum absolute atomic E-state index is 0.123. The largest absolute Gasteiger partial charge is 0.396 e. The van der Waals surface area contributed by atoms with Gasteiger partial charge in [0.2, 0.25) is 0 Å². The molecular weight excluding hydrogens is 190 g/mol. The molecule has 0 bridgehead atoms. The van der Waals surface area contributed by atoms with Gasteiger partial charge in [0.15, 0.2) is 0 Å². The molecule has 0 saturated heterocycles. The second kappa shape index (κ2) is 3.53. The maximum Gasteiger partial charge on any atom is 0.353 e. The summed E-state index contributed by atoms with van der Waals surface area (Å²) < 4.78 is 4.19. The first-order valence-electron chi connectivity index (χ1n) is 3.44. The Balaban J connectivity index is 3.26. The van der Waals surface area contributed by atoms with Crippen LogP contribution in [0.25, 0.3) is 0 Å². The van der Waals surface area contributed by atoms with Gasteiger partial charge in [-0.3, -0.25) is 4.98 Å². The van der Waals surface area contributed by atoms with Crippen LogP contribution >= 0.6 is 12.9 Å². The number of nitrogens with two attached hydrogens (primary N) is 2. The molecule has 0 fully saturated rings. The quantitative estimate of drug-likeness (QED) is 0.454. The van der Waals surface area contributed by atoms with Gasteiger partial charge in [0, 0.05) is 19.1 Å². The summed E-state index contributed by atoms with van der Waals surface area (Å²) in [5.74, 6) is -0.667. The molecule has 0 aliphatic heterocycles. The lowest BCUT2D eigenvalue weighted by Gasteiger charge is -2.06. The zero-order valence-corrected chi connectivity index (χ0v) is 7.84. The van der Waals surface area contributed by atoms with Gasteiger partial charge in [-0.25, -0.2) is 4.79 Å². The van der Waals surface area contributed by atoms with Crippen LogP contribution in [0.5, 0.6) is 0 Å². The van der Waals surface area contributed by atoms with Crippen molar-refractivity contribution in [1.82, 2.24) is 4.98 Å². The van der Waals surface area contributed by atoms with E-state index in [1.165, 1.54) is 6.20 Å². The zero-order valence-electron chi connectivity index (χ0n) is 6.94. The van der Waals surface area contributed by atoms with Gasteiger partial charge in [0.1, 0.15) is 5.56 Å². The Morgan fingerprint density at radius 2 is 2.15 bits per heavy atom. The SMILES string of the molecule is Cc1ncc(C(=O)OS)c(N)c1N. The molecule has 0 unspecified atom stereocenters. The molecule has 1 aromatic rings. The highest BCUT2D eigenvalue weighted by Gasteiger charge is 2.14. The molecule has 13 heavy (non-hydrogen) atoms. The van der Waals surface area contributed by atoms with E-state index in [-0.39, 0.29) is 16.9 Å². The fourth-order valence-corrected chi connectivity index (χ4v) is 0.951. The van der Waals surface area contributed by atoms with Crippen LogP contribution in [0.1, 0.15) is 16.1 Å². The number of pyridine rings is 1. The summed E-state index contributed by atoms with van der Waals surface area (Å²) in [6.07, 6.45) is 1.31. The van der Waals surface area contributed by atoms with Crippen molar-refractivity contribution in [2.24, 2.45) is 0 Å². The number of aryl methyl sites for hydroxylation is 1. The smallest absolute Gasteiger partial charge is 0.353 e. The van der Waals surface area contributed by atoms with Crippen LogP contribution in [0.15, 0.2) is 6.20 Å². The summed E-state index contributed by atoms with van der Waals surface area (Å²) in [6, 6.07) is 0. The second-order valence-electron chi connectivity index (χ2n) is 2.46. The highest BCUT2D eigenvalue weighted by molar-refractivity contribution is 7.75. The molecule has 0 saturated carbocycles. The third-order valence-corrected chi connectivity index (χ3v) is 1.83. The van der Waals surface area contributed by atoms with Crippen molar-refractivity contribution in [2.45, 2.75) is 6.92 Å². The molecular formula is C7H9N3O2S. The summed E-state index contributed by atoms with van der Waals surface area (Å²) in [4.78, 5) is 14.9. The molecule has 1 heterocycles. The number of thiol groups is 1. The number of aromatic nitrogens is 1. The van der Waals surface area contributed by atoms with Crippen molar-refractivity contribution in [3.63, 3.8) is 0 Å². The Morgan fingerprint density at radius 1 is 1.54 bits per heavy atom. The van der Waals surface area contributed by atoms with E-state index in [0.717, 1.165) is 0 Å². The minimum Gasteiger partial charge on any atom is -0.396 e. The van der Waals surface area contributed by atoms with Gasteiger partial charge in [0.05, 0.1) is 17.1 Å². The number of rotatable bonds is 1. The maximum atomic E-state index is 11.0. The number of anilines is 2. The normalized spacial score (nSPS) is 9.69. The van der Waals surface area contributed by atoms with Crippen molar-refractivity contribution in [1.29, 1.82) is 0 Å². The monoisotopic (exact) mass is 199 g/mol. The minimum atomic E-state index is -0.667. The maximum absolute atomic E-state index is 11.0. The molecule has 0 aliphatic carbocycles. The highest BCUT2D eigenvalue weighted by Crippen LogP contribution is 2.22. The summed E-state index contributed by atoms with van der Waals surface area (Å²) >= 11 is 3.36. The van der Waals surface area contributed by atoms with E-state index < -0.39 is 5.97 Å². The Labute approximate surface area is 80.7 Å². The third-order valence-electron chi connectivity index (χ3n) is 1.66. The summed E-state index contributed by atoms with van der Waals surface area (Å²) in [6.45, 7) is 1.70. The molecule has 1 rings (SSSR count). The molecule has 1 aromatic heterocycles. The number of hydrogen-bond donors (Lipinski definition) is 3. The highest BCUT2D eigenvalue weighted by atomic mass is 32.1. The number of nitrogens with zero attached hydrogens (tertiary/aromatic N) is 1. The first-order chi connectivity index (χ1) is 6.07. The van der Waals surface area contributed by atoms with Crippen molar-refractivity contribution < 1.29 is 8.98 Å². The number of carbonyl (C=O) groups is 1. The fraction of sp³-hybridized carbons (Fsp3) is 0.143. The Bertz CT molecular complexity index is 354. The molecule has 0 radical (unpaired) electrons. The molecule has 6 heteroatoms. The van der Waals surface area contributed by atoms with Crippen molar-refractivity contribution in [3.8, 4) is 0 Å². The molecule has 0 aromatic carbocycles. The van der Waals surface area contributed by atoms with Crippen LogP contribution < -0.4 is 11.5 Å². The van der Waals surface area contributed by atoms with Gasteiger partial charge in [-0.2, -0.15) is 0 Å². The van der Waals surface area contributed by atoms with Crippen molar-refractivity contribution in [3.05, 3.63) is 17.5 Å². The topological polar surface area (TPSA) is 91.2 Å². The molecule has 0 aliphatic rings. The molecule has 5 nitrogen and oxygen atoms in total. The number of carbonyl (C=O) groups excluding carboxylic acids is 1.